The van der Waals surface area contributed by atoms with Crippen molar-refractivity contribution in [2.75, 3.05) is 33.0 Å². The molecule has 0 amide bonds. The first-order valence-electron chi connectivity index (χ1n) is 12.7. The molecule has 1 heterocycles. The first-order chi connectivity index (χ1) is 16.3. The van der Waals surface area contributed by atoms with Crippen molar-refractivity contribution in [2.24, 2.45) is 0 Å². The van der Waals surface area contributed by atoms with Gasteiger partial charge in [-0.25, -0.2) is 0 Å². The Kier molecular flexibility index (Phi) is 18.9. The molecule has 0 saturated carbocycles. The molecule has 1 fully saturated rings. The van der Waals surface area contributed by atoms with Crippen LogP contribution >= 0.6 is 0 Å². The minimum Gasteiger partial charge on any atom is -0.379 e. The molecule has 4 unspecified atom stereocenters. The molecular formula is C26H44N2O5. The smallest absolute Gasteiger partial charge is 0.187 e. The van der Waals surface area contributed by atoms with Crippen LogP contribution in [0.3, 0.4) is 0 Å². The minimum absolute atomic E-state index is 0.256. The lowest BCUT2D eigenvalue weighted by Crippen LogP contribution is -2.40. The summed E-state index contributed by atoms with van der Waals surface area (Å²) in [4.78, 5) is 0. The second-order valence-corrected chi connectivity index (χ2v) is 8.41. The fraction of sp³-hybridized carbons (Fsp3) is 0.846. The lowest BCUT2D eigenvalue weighted by atomic mass is 10.1. The maximum Gasteiger partial charge on any atom is 0.187 e. The first-order valence-corrected chi connectivity index (χ1v) is 12.7. The highest BCUT2D eigenvalue weighted by Crippen LogP contribution is 2.29. The lowest BCUT2D eigenvalue weighted by molar-refractivity contribution is -0.176. The largest absolute Gasteiger partial charge is 0.379 e. The monoisotopic (exact) mass is 464 g/mol. The molecule has 7 heteroatoms. The quantitative estimate of drug-likeness (QED) is 0.155. The van der Waals surface area contributed by atoms with Gasteiger partial charge >= 0.3 is 0 Å². The van der Waals surface area contributed by atoms with Gasteiger partial charge in [0, 0.05) is 32.7 Å². The Balaban J connectivity index is 2.63. The van der Waals surface area contributed by atoms with E-state index in [1.165, 1.54) is 19.3 Å². The van der Waals surface area contributed by atoms with Crippen LogP contribution in [-0.2, 0) is 23.7 Å². The van der Waals surface area contributed by atoms with E-state index in [0.29, 0.717) is 45.9 Å². The first kappa shape index (κ1) is 29.6. The lowest BCUT2D eigenvalue weighted by Gasteiger charge is -2.25. The van der Waals surface area contributed by atoms with Crippen LogP contribution in [0.4, 0.5) is 0 Å². The molecule has 0 aromatic heterocycles. The van der Waals surface area contributed by atoms with E-state index in [2.05, 4.69) is 25.6 Å². The van der Waals surface area contributed by atoms with Crippen LogP contribution in [0, 0.1) is 22.7 Å². The number of nitrogens with zero attached hydrogens (tertiary/aromatic N) is 2. The molecule has 7 nitrogen and oxygen atoms in total. The third-order valence-corrected chi connectivity index (χ3v) is 5.56. The fourth-order valence-corrected chi connectivity index (χ4v) is 3.74. The van der Waals surface area contributed by atoms with Gasteiger partial charge in [0.15, 0.2) is 6.29 Å². The molecule has 0 aliphatic carbocycles. The Morgan fingerprint density at radius 2 is 1.39 bits per heavy atom. The molecule has 33 heavy (non-hydrogen) atoms. The van der Waals surface area contributed by atoms with Gasteiger partial charge in [-0.15, -0.1) is 6.58 Å². The van der Waals surface area contributed by atoms with Crippen molar-refractivity contribution in [2.45, 2.75) is 109 Å². The van der Waals surface area contributed by atoms with Gasteiger partial charge in [0.05, 0.1) is 25.4 Å². The summed E-state index contributed by atoms with van der Waals surface area (Å²) >= 11 is 0. The topological polar surface area (TPSA) is 93.7 Å². The Morgan fingerprint density at radius 3 is 2.00 bits per heavy atom. The molecule has 1 aliphatic rings. The molecule has 4 atom stereocenters. The molecule has 0 radical (unpaired) electrons. The van der Waals surface area contributed by atoms with Gasteiger partial charge in [0.1, 0.15) is 18.3 Å². The number of unbranched alkanes of at least 4 members (excludes halogenated alkanes) is 9. The summed E-state index contributed by atoms with van der Waals surface area (Å²) in [6.07, 6.45) is 11.6. The van der Waals surface area contributed by atoms with Crippen LogP contribution in [0.1, 0.15) is 84.0 Å². The molecule has 0 aromatic rings. The van der Waals surface area contributed by atoms with E-state index in [0.717, 1.165) is 44.9 Å². The van der Waals surface area contributed by atoms with Crippen molar-refractivity contribution in [1.29, 1.82) is 10.5 Å². The predicted octanol–water partition coefficient (Wildman–Crippen LogP) is 5.45. The van der Waals surface area contributed by atoms with Crippen molar-refractivity contribution in [3.8, 4) is 12.1 Å². The van der Waals surface area contributed by atoms with E-state index in [1.807, 2.05) is 0 Å². The van der Waals surface area contributed by atoms with Gasteiger partial charge in [-0.05, 0) is 32.1 Å². The van der Waals surface area contributed by atoms with E-state index in [1.54, 1.807) is 6.08 Å². The van der Waals surface area contributed by atoms with E-state index >= 15 is 0 Å². The number of rotatable bonds is 22. The van der Waals surface area contributed by atoms with Gasteiger partial charge in [-0.3, -0.25) is 0 Å². The zero-order chi connectivity index (χ0) is 24.0. The predicted molar refractivity (Wildman–Crippen MR) is 127 cm³/mol. The Bertz CT molecular complexity index is 560. The Hall–Kier alpha value is -1.48. The van der Waals surface area contributed by atoms with Crippen molar-refractivity contribution in [1.82, 2.24) is 0 Å². The molecule has 1 aliphatic heterocycles. The van der Waals surface area contributed by atoms with E-state index in [9.17, 15) is 0 Å². The van der Waals surface area contributed by atoms with Crippen LogP contribution in [0.5, 0.6) is 0 Å². The maximum atomic E-state index is 8.70. The third-order valence-electron chi connectivity index (χ3n) is 5.56. The third kappa shape index (κ3) is 13.7. The fourth-order valence-electron chi connectivity index (χ4n) is 3.74. The molecule has 0 aromatic carbocycles. The summed E-state index contributed by atoms with van der Waals surface area (Å²) in [6.45, 7) is 8.62. The zero-order valence-corrected chi connectivity index (χ0v) is 20.6. The molecular weight excluding hydrogens is 420 g/mol. The second-order valence-electron chi connectivity index (χ2n) is 8.41. The summed E-state index contributed by atoms with van der Waals surface area (Å²) in [7, 11) is 0. The Morgan fingerprint density at radius 1 is 0.788 bits per heavy atom. The van der Waals surface area contributed by atoms with Crippen LogP contribution in [0.15, 0.2) is 12.7 Å². The van der Waals surface area contributed by atoms with Gasteiger partial charge in [0.2, 0.25) is 0 Å². The number of nitriles is 2. The highest BCUT2D eigenvalue weighted by Gasteiger charge is 2.47. The number of hydrogen-bond donors (Lipinski definition) is 0. The summed E-state index contributed by atoms with van der Waals surface area (Å²) in [5.74, 6) is 0. The molecule has 1 saturated heterocycles. The minimum atomic E-state index is -0.528. The van der Waals surface area contributed by atoms with Crippen LogP contribution in [0.25, 0.3) is 0 Å². The van der Waals surface area contributed by atoms with Gasteiger partial charge in [-0.2, -0.15) is 10.5 Å². The Labute approximate surface area is 201 Å². The normalized spacial score (nSPS) is 22.2. The van der Waals surface area contributed by atoms with Crippen molar-refractivity contribution in [3.63, 3.8) is 0 Å². The van der Waals surface area contributed by atoms with Crippen LogP contribution < -0.4 is 0 Å². The van der Waals surface area contributed by atoms with Crippen LogP contribution in [-0.4, -0.2) is 57.6 Å². The molecule has 0 N–H and O–H groups in total. The van der Waals surface area contributed by atoms with E-state index < -0.39 is 6.29 Å². The average Bonchev–Trinajstić information content (AvgIpc) is 3.15. The number of ether oxygens (including phenoxy) is 5. The van der Waals surface area contributed by atoms with Crippen molar-refractivity contribution in [3.05, 3.63) is 12.7 Å². The zero-order valence-electron chi connectivity index (χ0n) is 20.6. The number of hydrogen-bond acceptors (Lipinski definition) is 7. The standard InChI is InChI=1S/C26H44N2O5/c1-3-5-6-13-19-29-22-23-24(30-20-14-9-7-11-16-27)25(26(33-23)32-18-4-2)31-21-15-10-8-12-17-28/h4,23-26H,2-3,5-15,18-22H2,1H3. The molecule has 0 bridgehead atoms. The van der Waals surface area contributed by atoms with Crippen molar-refractivity contribution < 1.29 is 23.7 Å². The summed E-state index contributed by atoms with van der Waals surface area (Å²) in [5.41, 5.74) is 0. The molecule has 1 rings (SSSR count). The summed E-state index contributed by atoms with van der Waals surface area (Å²) in [6, 6.07) is 4.36. The highest BCUT2D eigenvalue weighted by molar-refractivity contribution is 4.90. The van der Waals surface area contributed by atoms with Crippen molar-refractivity contribution >= 4 is 0 Å². The van der Waals surface area contributed by atoms with Gasteiger partial charge in [-0.1, -0.05) is 45.1 Å². The second kappa shape index (κ2) is 21.1. The van der Waals surface area contributed by atoms with Gasteiger partial charge in [0.25, 0.3) is 0 Å². The average molecular weight is 465 g/mol. The van der Waals surface area contributed by atoms with E-state index in [-0.39, 0.29) is 18.3 Å². The molecule has 0 spiro atoms. The summed E-state index contributed by atoms with van der Waals surface area (Å²) in [5, 5.41) is 17.4. The SMILES string of the molecule is C=CCOC1OC(COCCCCCC)C(OCCCCCC#N)C1OCCCCCC#N. The van der Waals surface area contributed by atoms with Crippen LogP contribution in [0.2, 0.25) is 0 Å². The van der Waals surface area contributed by atoms with Gasteiger partial charge < -0.3 is 23.7 Å². The molecule has 188 valence electrons. The highest BCUT2D eigenvalue weighted by atomic mass is 16.7. The summed E-state index contributed by atoms with van der Waals surface area (Å²) < 4.78 is 30.4. The maximum absolute atomic E-state index is 8.70. The van der Waals surface area contributed by atoms with E-state index in [4.69, 9.17) is 34.2 Å².